The number of hydrogen-bond acceptors (Lipinski definition) is 5. The molecule has 0 N–H and O–H groups in total. The molecule has 4 rings (SSSR count). The number of fused-ring (bicyclic) bond motifs is 1. The maximum absolute atomic E-state index is 14.1. The van der Waals surface area contributed by atoms with Gasteiger partial charge in [0.25, 0.3) is 5.69 Å². The first-order valence-electron chi connectivity index (χ1n) is 8.53. The molecule has 0 fully saturated rings. The minimum Gasteiger partial charge on any atom is -0.450 e. The Labute approximate surface area is 169 Å². The number of halogens is 5. The third kappa shape index (κ3) is 3.33. The fourth-order valence-corrected chi connectivity index (χ4v) is 2.96. The molecule has 1 heterocycles. The van der Waals surface area contributed by atoms with Crippen molar-refractivity contribution in [3.63, 3.8) is 0 Å². The number of nitro benzene ring substituents is 1. The number of benzene rings is 3. The van der Waals surface area contributed by atoms with Gasteiger partial charge in [-0.25, -0.2) is 13.2 Å². The number of aromatic nitrogens is 1. The molecule has 0 spiro atoms. The van der Waals surface area contributed by atoms with Gasteiger partial charge in [-0.1, -0.05) is 11.2 Å². The van der Waals surface area contributed by atoms with Gasteiger partial charge in [-0.2, -0.15) is 8.78 Å². The highest BCUT2D eigenvalue weighted by Gasteiger charge is 2.28. The van der Waals surface area contributed by atoms with Crippen molar-refractivity contribution in [2.75, 3.05) is 0 Å². The van der Waals surface area contributed by atoms with E-state index in [0.717, 1.165) is 18.2 Å². The van der Waals surface area contributed by atoms with Gasteiger partial charge in [0.1, 0.15) is 5.75 Å². The van der Waals surface area contributed by atoms with Gasteiger partial charge in [0.05, 0.1) is 10.6 Å². The Bertz CT molecular complexity index is 1340. The van der Waals surface area contributed by atoms with Crippen LogP contribution in [-0.2, 0) is 0 Å². The highest BCUT2D eigenvalue weighted by Crippen LogP contribution is 2.40. The van der Waals surface area contributed by atoms with Crippen molar-refractivity contribution in [2.45, 2.75) is 6.92 Å². The minimum atomic E-state index is -2.33. The second-order valence-electron chi connectivity index (χ2n) is 6.42. The zero-order chi connectivity index (χ0) is 22.4. The molecule has 6 nitrogen and oxygen atoms in total. The number of nitro groups is 1. The summed E-state index contributed by atoms with van der Waals surface area (Å²) in [6.07, 6.45) is 0. The van der Waals surface area contributed by atoms with Crippen molar-refractivity contribution in [3.05, 3.63) is 81.3 Å². The lowest BCUT2D eigenvalue weighted by atomic mass is 10.0. The smallest absolute Gasteiger partial charge is 0.270 e. The highest BCUT2D eigenvalue weighted by atomic mass is 19.2. The van der Waals surface area contributed by atoms with Crippen molar-refractivity contribution < 1.29 is 36.1 Å². The largest absolute Gasteiger partial charge is 0.450 e. The Morgan fingerprint density at radius 3 is 2.23 bits per heavy atom. The molecule has 0 saturated carbocycles. The van der Waals surface area contributed by atoms with Crippen LogP contribution in [0.25, 0.3) is 22.1 Å². The molecule has 0 atom stereocenters. The molecular formula is C20H9F5N2O4. The Kier molecular flexibility index (Phi) is 4.80. The van der Waals surface area contributed by atoms with E-state index in [0.29, 0.717) is 22.2 Å². The average Bonchev–Trinajstić information content (AvgIpc) is 3.14. The molecule has 0 amide bonds. The van der Waals surface area contributed by atoms with E-state index in [1.54, 1.807) is 6.92 Å². The summed E-state index contributed by atoms with van der Waals surface area (Å²) in [5.41, 5.74) is 0.794. The van der Waals surface area contributed by atoms with Crippen LogP contribution in [-0.4, -0.2) is 10.1 Å². The molecule has 0 aliphatic heterocycles. The number of non-ortho nitro benzene ring substituents is 1. The van der Waals surface area contributed by atoms with Gasteiger partial charge in [0, 0.05) is 23.1 Å². The maximum Gasteiger partial charge on any atom is 0.270 e. The predicted molar refractivity (Wildman–Crippen MR) is 97.1 cm³/mol. The lowest BCUT2D eigenvalue weighted by molar-refractivity contribution is -0.384. The van der Waals surface area contributed by atoms with Crippen LogP contribution in [0.4, 0.5) is 27.6 Å². The lowest BCUT2D eigenvalue weighted by Crippen LogP contribution is -2.04. The molecular weight excluding hydrogens is 427 g/mol. The zero-order valence-electron chi connectivity index (χ0n) is 15.4. The van der Waals surface area contributed by atoms with Crippen LogP contribution >= 0.6 is 0 Å². The molecule has 0 aliphatic rings. The lowest BCUT2D eigenvalue weighted by Gasteiger charge is -2.14. The SMILES string of the molecule is Cc1noc2ccc(-c3cc([N+](=O)[O-])ccc3Oc3c(F)c(F)c(F)c(F)c3F)cc12. The van der Waals surface area contributed by atoms with E-state index < -0.39 is 39.8 Å². The highest BCUT2D eigenvalue weighted by molar-refractivity contribution is 5.86. The molecule has 0 bridgehead atoms. The molecule has 0 saturated heterocycles. The quantitative estimate of drug-likeness (QED) is 0.125. The first kappa shape index (κ1) is 20.3. The summed E-state index contributed by atoms with van der Waals surface area (Å²) in [6.45, 7) is 1.65. The first-order chi connectivity index (χ1) is 14.7. The molecule has 0 aliphatic carbocycles. The molecule has 1 aromatic heterocycles. The average molecular weight is 436 g/mol. The number of aryl methyl sites for hydroxylation is 1. The summed E-state index contributed by atoms with van der Waals surface area (Å²) >= 11 is 0. The minimum absolute atomic E-state index is 0.0272. The molecule has 11 heteroatoms. The van der Waals surface area contributed by atoms with E-state index >= 15 is 0 Å². The van der Waals surface area contributed by atoms with Crippen LogP contribution < -0.4 is 4.74 Å². The monoisotopic (exact) mass is 436 g/mol. The Balaban J connectivity index is 1.91. The summed E-state index contributed by atoms with van der Waals surface area (Å²) < 4.78 is 78.7. The van der Waals surface area contributed by atoms with Gasteiger partial charge in [0.15, 0.2) is 5.58 Å². The fourth-order valence-electron chi connectivity index (χ4n) is 2.96. The van der Waals surface area contributed by atoms with E-state index in [-0.39, 0.29) is 17.0 Å². The van der Waals surface area contributed by atoms with Crippen LogP contribution in [0, 0.1) is 46.1 Å². The Morgan fingerprint density at radius 1 is 0.935 bits per heavy atom. The van der Waals surface area contributed by atoms with Crippen LogP contribution in [0.1, 0.15) is 5.69 Å². The Hall–Kier alpha value is -4.02. The van der Waals surface area contributed by atoms with Crippen LogP contribution in [0.3, 0.4) is 0 Å². The van der Waals surface area contributed by atoms with E-state index in [2.05, 4.69) is 5.16 Å². The normalized spacial score (nSPS) is 11.2. The van der Waals surface area contributed by atoms with Gasteiger partial charge < -0.3 is 9.26 Å². The molecule has 158 valence electrons. The van der Waals surface area contributed by atoms with Crippen molar-refractivity contribution in [3.8, 4) is 22.6 Å². The molecule has 0 radical (unpaired) electrons. The summed E-state index contributed by atoms with van der Waals surface area (Å²) in [7, 11) is 0. The first-order valence-corrected chi connectivity index (χ1v) is 8.53. The van der Waals surface area contributed by atoms with Crippen molar-refractivity contribution >= 4 is 16.7 Å². The predicted octanol–water partition coefficient (Wildman–Crippen LogP) is 6.20. The number of nitrogens with zero attached hydrogens (tertiary/aromatic N) is 2. The van der Waals surface area contributed by atoms with Gasteiger partial charge in [-0.05, 0) is 30.7 Å². The van der Waals surface area contributed by atoms with E-state index in [1.807, 2.05) is 0 Å². The standard InChI is InChI=1S/C20H9F5N2O4/c1-8-11-6-9(2-4-14(11)31-26-8)12-7-10(27(28)29)3-5-13(12)30-20-18(24)16(22)15(21)17(23)19(20)25/h2-7H,1H3. The Morgan fingerprint density at radius 2 is 1.58 bits per heavy atom. The summed E-state index contributed by atoms with van der Waals surface area (Å²) in [5, 5.41) is 15.5. The topological polar surface area (TPSA) is 78.4 Å². The van der Waals surface area contributed by atoms with E-state index in [4.69, 9.17) is 9.26 Å². The van der Waals surface area contributed by atoms with Crippen LogP contribution in [0.5, 0.6) is 11.5 Å². The molecule has 0 unspecified atom stereocenters. The molecule has 31 heavy (non-hydrogen) atoms. The van der Waals surface area contributed by atoms with Gasteiger partial charge in [0.2, 0.25) is 34.8 Å². The maximum atomic E-state index is 14.1. The van der Waals surface area contributed by atoms with Crippen molar-refractivity contribution in [1.29, 1.82) is 0 Å². The number of ether oxygens (including phenoxy) is 1. The van der Waals surface area contributed by atoms with Crippen LogP contribution in [0.2, 0.25) is 0 Å². The molecule has 4 aromatic rings. The van der Waals surface area contributed by atoms with E-state index in [1.165, 1.54) is 18.2 Å². The fraction of sp³-hybridized carbons (Fsp3) is 0.0500. The summed E-state index contributed by atoms with van der Waals surface area (Å²) in [4.78, 5) is 10.5. The van der Waals surface area contributed by atoms with Gasteiger partial charge >= 0.3 is 0 Å². The summed E-state index contributed by atoms with van der Waals surface area (Å²) in [6, 6.07) is 7.52. The summed E-state index contributed by atoms with van der Waals surface area (Å²) in [5.74, 6) is -13.0. The zero-order valence-corrected chi connectivity index (χ0v) is 15.4. The third-order valence-electron chi connectivity index (χ3n) is 4.52. The third-order valence-corrected chi connectivity index (χ3v) is 4.52. The number of hydrogen-bond donors (Lipinski definition) is 0. The number of rotatable bonds is 4. The second kappa shape index (κ2) is 7.35. The molecule has 3 aromatic carbocycles. The van der Waals surface area contributed by atoms with Crippen LogP contribution in [0.15, 0.2) is 40.9 Å². The van der Waals surface area contributed by atoms with Crippen molar-refractivity contribution in [2.24, 2.45) is 0 Å². The van der Waals surface area contributed by atoms with Gasteiger partial charge in [-0.15, -0.1) is 0 Å². The second-order valence-corrected chi connectivity index (χ2v) is 6.42. The van der Waals surface area contributed by atoms with Gasteiger partial charge in [-0.3, -0.25) is 10.1 Å². The van der Waals surface area contributed by atoms with Crippen molar-refractivity contribution in [1.82, 2.24) is 5.16 Å². The van der Waals surface area contributed by atoms with E-state index in [9.17, 15) is 32.1 Å².